The highest BCUT2D eigenvalue weighted by Gasteiger charge is 2.03. The summed E-state index contributed by atoms with van der Waals surface area (Å²) in [5.74, 6) is 0. The van der Waals surface area contributed by atoms with Crippen LogP contribution in [-0.2, 0) is 6.42 Å². The Balaban J connectivity index is 3.02. The second-order valence-electron chi connectivity index (χ2n) is 3.52. The van der Waals surface area contributed by atoms with Crippen LogP contribution in [0.3, 0.4) is 0 Å². The molecule has 0 unspecified atom stereocenters. The smallest absolute Gasteiger partial charge is 0.0991 e. The zero-order valence-corrected chi connectivity index (χ0v) is 8.67. The molecule has 0 aliphatic rings. The molecule has 0 radical (unpaired) electrons. The van der Waals surface area contributed by atoms with Gasteiger partial charge in [0.1, 0.15) is 0 Å². The Bertz CT molecular complexity index is 363. The molecular weight excluding hydrogens is 174 g/mol. The molecule has 0 heterocycles. The van der Waals surface area contributed by atoms with E-state index < -0.39 is 0 Å². The van der Waals surface area contributed by atoms with E-state index in [0.717, 1.165) is 18.4 Å². The second kappa shape index (κ2) is 4.78. The summed E-state index contributed by atoms with van der Waals surface area (Å²) >= 11 is 0. The number of hydrogen-bond donors (Lipinski definition) is 1. The molecule has 0 aromatic heterocycles. The number of nitrogens with zero attached hydrogens (tertiary/aromatic N) is 1. The molecule has 14 heavy (non-hydrogen) atoms. The predicted octanol–water partition coefficient (Wildman–Crippen LogP) is 2.10. The molecule has 0 spiro atoms. The van der Waals surface area contributed by atoms with Crippen LogP contribution in [0.1, 0.15) is 28.7 Å². The van der Waals surface area contributed by atoms with Crippen LogP contribution in [-0.4, -0.2) is 11.7 Å². The molecule has 0 amide bonds. The van der Waals surface area contributed by atoms with Gasteiger partial charge in [-0.2, -0.15) is 5.26 Å². The quantitative estimate of drug-likeness (QED) is 0.791. The number of nitriles is 1. The molecule has 0 saturated heterocycles. The van der Waals surface area contributed by atoms with Crippen LogP contribution in [0, 0.1) is 25.2 Å². The van der Waals surface area contributed by atoms with Gasteiger partial charge in [-0.1, -0.05) is 0 Å². The maximum absolute atomic E-state index is 8.80. The molecule has 0 fully saturated rings. The molecule has 1 rings (SSSR count). The fourth-order valence-corrected chi connectivity index (χ4v) is 1.53. The van der Waals surface area contributed by atoms with Crippen molar-refractivity contribution in [2.75, 3.05) is 6.61 Å². The van der Waals surface area contributed by atoms with Gasteiger partial charge in [0.05, 0.1) is 11.6 Å². The number of aliphatic hydroxyl groups is 1. The van der Waals surface area contributed by atoms with Crippen molar-refractivity contribution in [3.05, 3.63) is 34.4 Å². The van der Waals surface area contributed by atoms with Gasteiger partial charge in [-0.15, -0.1) is 0 Å². The Hall–Kier alpha value is -1.33. The van der Waals surface area contributed by atoms with Crippen LogP contribution in [0.25, 0.3) is 0 Å². The fourth-order valence-electron chi connectivity index (χ4n) is 1.53. The maximum atomic E-state index is 8.80. The van der Waals surface area contributed by atoms with Gasteiger partial charge in [0.25, 0.3) is 0 Å². The van der Waals surface area contributed by atoms with Crippen LogP contribution >= 0.6 is 0 Å². The fraction of sp³-hybridized carbons (Fsp3) is 0.417. The molecule has 2 nitrogen and oxygen atoms in total. The molecular formula is C12H15NO. The lowest BCUT2D eigenvalue weighted by molar-refractivity contribution is 0.288. The van der Waals surface area contributed by atoms with Gasteiger partial charge in [0.15, 0.2) is 0 Å². The van der Waals surface area contributed by atoms with Gasteiger partial charge < -0.3 is 5.11 Å². The van der Waals surface area contributed by atoms with E-state index >= 15 is 0 Å². The normalized spacial score (nSPS) is 9.86. The Morgan fingerprint density at radius 2 is 2.07 bits per heavy atom. The minimum atomic E-state index is 0.204. The first-order valence-corrected chi connectivity index (χ1v) is 4.80. The summed E-state index contributed by atoms with van der Waals surface area (Å²) in [6.07, 6.45) is 1.61. The monoisotopic (exact) mass is 189 g/mol. The van der Waals surface area contributed by atoms with Crippen molar-refractivity contribution in [1.29, 1.82) is 5.26 Å². The SMILES string of the molecule is Cc1cc(C#N)cc(CCCO)c1C. The van der Waals surface area contributed by atoms with Crippen molar-refractivity contribution in [2.45, 2.75) is 26.7 Å². The lowest BCUT2D eigenvalue weighted by atomic mass is 9.97. The van der Waals surface area contributed by atoms with Crippen molar-refractivity contribution in [1.82, 2.24) is 0 Å². The standard InChI is InChI=1S/C12H15NO/c1-9-6-11(8-13)7-12(10(9)2)4-3-5-14/h6-7,14H,3-5H2,1-2H3. The summed E-state index contributed by atoms with van der Waals surface area (Å²) in [5.41, 5.74) is 4.27. The van der Waals surface area contributed by atoms with E-state index in [4.69, 9.17) is 10.4 Å². The van der Waals surface area contributed by atoms with E-state index in [1.165, 1.54) is 11.1 Å². The summed E-state index contributed by atoms with van der Waals surface area (Å²) < 4.78 is 0. The summed E-state index contributed by atoms with van der Waals surface area (Å²) in [6.45, 7) is 4.27. The lowest BCUT2D eigenvalue weighted by Crippen LogP contribution is -1.96. The van der Waals surface area contributed by atoms with Crippen LogP contribution in [0.4, 0.5) is 0 Å². The molecule has 1 aromatic carbocycles. The van der Waals surface area contributed by atoms with Crippen molar-refractivity contribution in [3.8, 4) is 6.07 Å². The Morgan fingerprint density at radius 3 is 2.64 bits per heavy atom. The number of benzene rings is 1. The topological polar surface area (TPSA) is 44.0 Å². The van der Waals surface area contributed by atoms with Crippen molar-refractivity contribution < 1.29 is 5.11 Å². The van der Waals surface area contributed by atoms with Crippen molar-refractivity contribution >= 4 is 0 Å². The molecule has 0 saturated carbocycles. The van der Waals surface area contributed by atoms with Gasteiger partial charge >= 0.3 is 0 Å². The summed E-state index contributed by atoms with van der Waals surface area (Å²) in [4.78, 5) is 0. The Kier molecular flexibility index (Phi) is 3.67. The largest absolute Gasteiger partial charge is 0.396 e. The van der Waals surface area contributed by atoms with Crippen LogP contribution in [0.15, 0.2) is 12.1 Å². The zero-order valence-electron chi connectivity index (χ0n) is 8.67. The predicted molar refractivity (Wildman–Crippen MR) is 56.0 cm³/mol. The number of hydrogen-bond acceptors (Lipinski definition) is 2. The van der Waals surface area contributed by atoms with E-state index in [2.05, 4.69) is 13.0 Å². The average molecular weight is 189 g/mol. The van der Waals surface area contributed by atoms with Crippen LogP contribution in [0.5, 0.6) is 0 Å². The molecule has 0 aliphatic heterocycles. The van der Waals surface area contributed by atoms with E-state index in [0.29, 0.717) is 5.56 Å². The first-order valence-electron chi connectivity index (χ1n) is 4.80. The third kappa shape index (κ3) is 2.34. The Labute approximate surface area is 84.8 Å². The van der Waals surface area contributed by atoms with Crippen molar-refractivity contribution in [3.63, 3.8) is 0 Å². The second-order valence-corrected chi connectivity index (χ2v) is 3.52. The van der Waals surface area contributed by atoms with E-state index in [1.54, 1.807) is 0 Å². The Morgan fingerprint density at radius 1 is 1.36 bits per heavy atom. The highest BCUT2D eigenvalue weighted by atomic mass is 16.2. The average Bonchev–Trinajstić information content (AvgIpc) is 2.20. The van der Waals surface area contributed by atoms with Gasteiger partial charge in [0.2, 0.25) is 0 Å². The molecule has 0 atom stereocenters. The first-order chi connectivity index (χ1) is 6.69. The van der Waals surface area contributed by atoms with Gasteiger partial charge in [-0.05, 0) is 55.5 Å². The van der Waals surface area contributed by atoms with Crippen LogP contribution < -0.4 is 0 Å². The summed E-state index contributed by atoms with van der Waals surface area (Å²) in [6, 6.07) is 5.96. The number of rotatable bonds is 3. The van der Waals surface area contributed by atoms with Crippen molar-refractivity contribution in [2.24, 2.45) is 0 Å². The number of aliphatic hydroxyl groups excluding tert-OH is 1. The molecule has 74 valence electrons. The third-order valence-corrected chi connectivity index (χ3v) is 2.51. The summed E-state index contributed by atoms with van der Waals surface area (Å²) in [5, 5.41) is 17.6. The molecule has 2 heteroatoms. The highest BCUT2D eigenvalue weighted by Crippen LogP contribution is 2.17. The zero-order chi connectivity index (χ0) is 10.6. The molecule has 1 aromatic rings. The van der Waals surface area contributed by atoms with Gasteiger partial charge in [0, 0.05) is 6.61 Å². The molecule has 0 bridgehead atoms. The first kappa shape index (κ1) is 10.7. The summed E-state index contributed by atoms with van der Waals surface area (Å²) in [7, 11) is 0. The minimum absolute atomic E-state index is 0.204. The van der Waals surface area contributed by atoms with E-state index in [9.17, 15) is 0 Å². The number of aryl methyl sites for hydroxylation is 2. The molecule has 0 aliphatic carbocycles. The highest BCUT2D eigenvalue weighted by molar-refractivity contribution is 5.42. The lowest BCUT2D eigenvalue weighted by Gasteiger charge is -2.08. The van der Waals surface area contributed by atoms with Gasteiger partial charge in [-0.25, -0.2) is 0 Å². The molecule has 1 N–H and O–H groups in total. The maximum Gasteiger partial charge on any atom is 0.0991 e. The minimum Gasteiger partial charge on any atom is -0.396 e. The van der Waals surface area contributed by atoms with Crippen LogP contribution in [0.2, 0.25) is 0 Å². The third-order valence-electron chi connectivity index (χ3n) is 2.51. The van der Waals surface area contributed by atoms with E-state index in [-0.39, 0.29) is 6.61 Å². The van der Waals surface area contributed by atoms with Gasteiger partial charge in [-0.3, -0.25) is 0 Å². The van der Waals surface area contributed by atoms with E-state index in [1.807, 2.05) is 19.1 Å².